The lowest BCUT2D eigenvalue weighted by molar-refractivity contribution is 0.292. The maximum atomic E-state index is 5.02. The molecule has 0 atom stereocenters. The van der Waals surface area contributed by atoms with Crippen molar-refractivity contribution >= 4 is 0 Å². The van der Waals surface area contributed by atoms with Crippen LogP contribution in [0.2, 0.25) is 0 Å². The fourth-order valence-electron chi connectivity index (χ4n) is 1.96. The van der Waals surface area contributed by atoms with Crippen LogP contribution in [-0.2, 0) is 5.41 Å². The van der Waals surface area contributed by atoms with E-state index in [2.05, 4.69) is 25.8 Å². The van der Waals surface area contributed by atoms with E-state index < -0.39 is 0 Å². The van der Waals surface area contributed by atoms with Crippen molar-refractivity contribution < 1.29 is 4.42 Å². The Kier molecular flexibility index (Phi) is 1.39. The van der Waals surface area contributed by atoms with Crippen molar-refractivity contribution in [3.8, 4) is 0 Å². The lowest BCUT2D eigenvalue weighted by Gasteiger charge is -2.28. The van der Waals surface area contributed by atoms with Gasteiger partial charge in [0.2, 0.25) is 0 Å². The van der Waals surface area contributed by atoms with Gasteiger partial charge in [-0.15, -0.1) is 0 Å². The quantitative estimate of drug-likeness (QED) is 0.639. The zero-order chi connectivity index (χ0) is 8.82. The summed E-state index contributed by atoms with van der Waals surface area (Å²) in [4.78, 5) is 4.25. The average molecular weight is 165 g/mol. The number of hydrogen-bond donors (Lipinski definition) is 0. The van der Waals surface area contributed by atoms with Crippen LogP contribution < -0.4 is 0 Å². The summed E-state index contributed by atoms with van der Waals surface area (Å²) in [5, 5.41) is 0. The van der Waals surface area contributed by atoms with Gasteiger partial charge in [0.05, 0.1) is 5.69 Å². The van der Waals surface area contributed by atoms with E-state index in [4.69, 9.17) is 4.42 Å². The van der Waals surface area contributed by atoms with E-state index in [9.17, 15) is 0 Å². The molecule has 12 heavy (non-hydrogen) atoms. The van der Waals surface area contributed by atoms with Crippen LogP contribution in [0.15, 0.2) is 17.1 Å². The minimum absolute atomic E-state index is 0.306. The molecule has 0 aromatic carbocycles. The number of oxazole rings is 1. The molecule has 0 unspecified atom stereocenters. The van der Waals surface area contributed by atoms with E-state index in [-0.39, 0.29) is 0 Å². The number of nitrogens with zero attached hydrogens (tertiary/aromatic N) is 1. The molecular formula is C10H15NO. The first-order chi connectivity index (χ1) is 5.56. The van der Waals surface area contributed by atoms with Gasteiger partial charge in [0.25, 0.3) is 0 Å². The Labute approximate surface area is 73.0 Å². The van der Waals surface area contributed by atoms with Gasteiger partial charge in [-0.25, -0.2) is 4.98 Å². The smallest absolute Gasteiger partial charge is 0.180 e. The summed E-state index contributed by atoms with van der Waals surface area (Å²) in [5.41, 5.74) is 1.75. The van der Waals surface area contributed by atoms with E-state index in [1.807, 2.05) is 0 Å². The van der Waals surface area contributed by atoms with Gasteiger partial charge >= 0.3 is 0 Å². The normalized spacial score (nSPS) is 20.9. The molecule has 1 heterocycles. The molecule has 2 rings (SSSR count). The van der Waals surface area contributed by atoms with Gasteiger partial charge in [-0.2, -0.15) is 0 Å². The lowest BCUT2D eigenvalue weighted by Crippen LogP contribution is -2.26. The standard InChI is InChI=1S/C10H15NO/c1-9(2,3)10(4-5-10)8-6-12-7-11-8/h6-7H,4-5H2,1-3H3. The Hall–Kier alpha value is -0.790. The van der Waals surface area contributed by atoms with E-state index >= 15 is 0 Å². The fourth-order valence-corrected chi connectivity index (χ4v) is 1.96. The Morgan fingerprint density at radius 3 is 2.42 bits per heavy atom. The molecule has 1 aliphatic carbocycles. The second-order valence-electron chi connectivity index (χ2n) is 4.71. The van der Waals surface area contributed by atoms with Crippen LogP contribution in [0, 0.1) is 5.41 Å². The van der Waals surface area contributed by atoms with Crippen LogP contribution in [0.5, 0.6) is 0 Å². The summed E-state index contributed by atoms with van der Waals surface area (Å²) in [7, 11) is 0. The third-order valence-corrected chi connectivity index (χ3v) is 3.11. The third kappa shape index (κ3) is 0.904. The van der Waals surface area contributed by atoms with Crippen LogP contribution in [0.25, 0.3) is 0 Å². The van der Waals surface area contributed by atoms with Gasteiger partial charge in [-0.1, -0.05) is 20.8 Å². The van der Waals surface area contributed by atoms with Crippen molar-refractivity contribution in [2.24, 2.45) is 5.41 Å². The maximum Gasteiger partial charge on any atom is 0.180 e. The molecule has 0 bridgehead atoms. The largest absolute Gasteiger partial charge is 0.451 e. The number of hydrogen-bond acceptors (Lipinski definition) is 2. The van der Waals surface area contributed by atoms with E-state index in [0.717, 1.165) is 5.69 Å². The zero-order valence-electron chi connectivity index (χ0n) is 7.92. The van der Waals surface area contributed by atoms with Crippen LogP contribution >= 0.6 is 0 Å². The minimum Gasteiger partial charge on any atom is -0.451 e. The number of rotatable bonds is 1. The highest BCUT2D eigenvalue weighted by atomic mass is 16.3. The molecule has 1 fully saturated rings. The first-order valence-corrected chi connectivity index (χ1v) is 4.45. The SMILES string of the molecule is CC(C)(C)C1(c2cocn2)CC1. The Bertz CT molecular complexity index is 265. The molecule has 0 aliphatic heterocycles. The second-order valence-corrected chi connectivity index (χ2v) is 4.71. The molecule has 1 saturated carbocycles. The van der Waals surface area contributed by atoms with Gasteiger partial charge in [0.15, 0.2) is 6.39 Å². The monoisotopic (exact) mass is 165 g/mol. The Morgan fingerprint density at radius 1 is 1.42 bits per heavy atom. The summed E-state index contributed by atoms with van der Waals surface area (Å²) in [6.07, 6.45) is 5.82. The minimum atomic E-state index is 0.306. The average Bonchev–Trinajstić information content (AvgIpc) is 2.61. The zero-order valence-corrected chi connectivity index (χ0v) is 7.92. The molecular weight excluding hydrogens is 150 g/mol. The second kappa shape index (κ2) is 2.12. The molecule has 0 spiro atoms. The number of aromatic nitrogens is 1. The van der Waals surface area contributed by atoms with Crippen LogP contribution in [0.3, 0.4) is 0 Å². The molecule has 1 aromatic heterocycles. The van der Waals surface area contributed by atoms with Gasteiger partial charge < -0.3 is 4.42 Å². The molecule has 0 saturated heterocycles. The molecule has 2 heteroatoms. The summed E-state index contributed by atoms with van der Waals surface area (Å²) >= 11 is 0. The summed E-state index contributed by atoms with van der Waals surface area (Å²) in [6.45, 7) is 6.82. The molecule has 2 nitrogen and oxygen atoms in total. The fraction of sp³-hybridized carbons (Fsp3) is 0.700. The van der Waals surface area contributed by atoms with Crippen molar-refractivity contribution in [2.45, 2.75) is 39.0 Å². The summed E-state index contributed by atoms with van der Waals surface area (Å²) in [5.74, 6) is 0. The highest BCUT2D eigenvalue weighted by Crippen LogP contribution is 2.58. The molecule has 0 N–H and O–H groups in total. The predicted molar refractivity (Wildman–Crippen MR) is 46.9 cm³/mol. The highest BCUT2D eigenvalue weighted by molar-refractivity contribution is 5.25. The van der Waals surface area contributed by atoms with Crippen molar-refractivity contribution in [3.05, 3.63) is 18.4 Å². The van der Waals surface area contributed by atoms with Gasteiger partial charge in [0, 0.05) is 5.41 Å². The summed E-state index contributed by atoms with van der Waals surface area (Å²) in [6, 6.07) is 0. The van der Waals surface area contributed by atoms with Gasteiger partial charge in [0.1, 0.15) is 6.26 Å². The topological polar surface area (TPSA) is 26.0 Å². The van der Waals surface area contributed by atoms with Crippen molar-refractivity contribution in [1.29, 1.82) is 0 Å². The van der Waals surface area contributed by atoms with Gasteiger partial charge in [-0.05, 0) is 18.3 Å². The first-order valence-electron chi connectivity index (χ1n) is 4.45. The first kappa shape index (κ1) is 7.84. The van der Waals surface area contributed by atoms with Crippen LogP contribution in [0.4, 0.5) is 0 Å². The molecule has 66 valence electrons. The Balaban J connectivity index is 2.35. The molecule has 1 aliphatic rings. The third-order valence-electron chi connectivity index (χ3n) is 3.11. The summed E-state index contributed by atoms with van der Waals surface area (Å²) < 4.78 is 5.02. The molecule has 0 radical (unpaired) electrons. The van der Waals surface area contributed by atoms with Crippen LogP contribution in [-0.4, -0.2) is 4.98 Å². The van der Waals surface area contributed by atoms with Crippen molar-refractivity contribution in [1.82, 2.24) is 4.98 Å². The molecule has 0 amide bonds. The van der Waals surface area contributed by atoms with E-state index in [1.165, 1.54) is 19.2 Å². The van der Waals surface area contributed by atoms with Gasteiger partial charge in [-0.3, -0.25) is 0 Å². The van der Waals surface area contributed by atoms with Crippen molar-refractivity contribution in [3.63, 3.8) is 0 Å². The molecule has 1 aromatic rings. The highest BCUT2D eigenvalue weighted by Gasteiger charge is 2.54. The van der Waals surface area contributed by atoms with Crippen molar-refractivity contribution in [2.75, 3.05) is 0 Å². The van der Waals surface area contributed by atoms with E-state index in [1.54, 1.807) is 6.26 Å². The van der Waals surface area contributed by atoms with E-state index in [0.29, 0.717) is 10.8 Å². The predicted octanol–water partition coefficient (Wildman–Crippen LogP) is 2.75. The maximum absolute atomic E-state index is 5.02. The lowest BCUT2D eigenvalue weighted by atomic mass is 9.76. The van der Waals surface area contributed by atoms with Crippen LogP contribution in [0.1, 0.15) is 39.3 Å². The Morgan fingerprint density at radius 2 is 2.08 bits per heavy atom.